The topological polar surface area (TPSA) is 36.0 Å². The van der Waals surface area contributed by atoms with Gasteiger partial charge in [0.1, 0.15) is 5.75 Å². The number of carbonyl (C=O) groups excluding carboxylic acids is 1. The molecule has 1 atom stereocenters. The molecule has 0 spiro atoms. The molecule has 1 aromatic rings. The Balaban J connectivity index is 1.46. The van der Waals surface area contributed by atoms with Crippen molar-refractivity contribution in [1.82, 2.24) is 14.7 Å². The predicted molar refractivity (Wildman–Crippen MR) is 118 cm³/mol. The molecule has 5 heteroatoms. The maximum Gasteiger partial charge on any atom is 0.219 e. The predicted octanol–water partition coefficient (Wildman–Crippen LogP) is 3.28. The second-order valence-electron chi connectivity index (χ2n) is 8.74. The Morgan fingerprint density at radius 1 is 1.21 bits per heavy atom. The number of likely N-dealkylation sites (tertiary alicyclic amines) is 2. The summed E-state index contributed by atoms with van der Waals surface area (Å²) in [6.07, 6.45) is 5.99. The van der Waals surface area contributed by atoms with Crippen LogP contribution in [0.25, 0.3) is 0 Å². The van der Waals surface area contributed by atoms with Crippen molar-refractivity contribution in [3.63, 3.8) is 0 Å². The summed E-state index contributed by atoms with van der Waals surface area (Å²) >= 11 is 0. The second-order valence-corrected chi connectivity index (χ2v) is 8.74. The van der Waals surface area contributed by atoms with E-state index in [-0.39, 0.29) is 5.91 Å². The van der Waals surface area contributed by atoms with E-state index in [0.29, 0.717) is 6.04 Å². The van der Waals surface area contributed by atoms with Crippen LogP contribution in [-0.2, 0) is 11.2 Å². The van der Waals surface area contributed by atoms with Crippen molar-refractivity contribution in [1.29, 1.82) is 0 Å². The lowest BCUT2D eigenvalue weighted by Crippen LogP contribution is -2.49. The maximum atomic E-state index is 11.6. The summed E-state index contributed by atoms with van der Waals surface area (Å²) in [4.78, 5) is 18.9. The molecule has 0 N–H and O–H groups in total. The zero-order chi connectivity index (χ0) is 20.6. The number of nitrogens with zero attached hydrogens (tertiary/aromatic N) is 3. The van der Waals surface area contributed by atoms with Crippen LogP contribution in [0, 0.1) is 5.92 Å². The Hall–Kier alpha value is -1.59. The molecular formula is C24H39N3O2. The van der Waals surface area contributed by atoms with Crippen LogP contribution < -0.4 is 4.74 Å². The molecule has 2 fully saturated rings. The van der Waals surface area contributed by atoms with Crippen molar-refractivity contribution < 1.29 is 9.53 Å². The standard InChI is InChI=1S/C24H39N3O2/c1-4-26(23-11-15-27(16-12-23)20(2)28)19-22-8-6-13-25(18-22)14-10-21-7-5-9-24(17-21)29-3/h5,7,9,17,22-23H,4,6,8,10-16,18-19H2,1-3H3/t22-/m0/s1. The second kappa shape index (κ2) is 11.0. The molecule has 0 aliphatic carbocycles. The SMILES string of the molecule is CCN(C[C@H]1CCCN(CCc2cccc(OC)c2)C1)C1CCN(C(C)=O)CC1. The van der Waals surface area contributed by atoms with Crippen LogP contribution >= 0.6 is 0 Å². The molecule has 2 saturated heterocycles. The molecular weight excluding hydrogens is 362 g/mol. The van der Waals surface area contributed by atoms with Gasteiger partial charge in [0.25, 0.3) is 0 Å². The van der Waals surface area contributed by atoms with Crippen molar-refractivity contribution in [3.8, 4) is 5.75 Å². The van der Waals surface area contributed by atoms with Gasteiger partial charge in [-0.1, -0.05) is 19.1 Å². The molecule has 2 heterocycles. The van der Waals surface area contributed by atoms with Gasteiger partial charge < -0.3 is 19.4 Å². The monoisotopic (exact) mass is 401 g/mol. The minimum absolute atomic E-state index is 0.227. The Morgan fingerprint density at radius 2 is 2.00 bits per heavy atom. The van der Waals surface area contributed by atoms with Gasteiger partial charge in [-0.25, -0.2) is 0 Å². The number of hydrogen-bond donors (Lipinski definition) is 0. The molecule has 162 valence electrons. The van der Waals surface area contributed by atoms with Gasteiger partial charge in [0, 0.05) is 45.7 Å². The summed E-state index contributed by atoms with van der Waals surface area (Å²) in [5, 5.41) is 0. The van der Waals surface area contributed by atoms with E-state index in [1.165, 1.54) is 38.0 Å². The molecule has 3 rings (SSSR count). The fourth-order valence-corrected chi connectivity index (χ4v) is 5.03. The minimum Gasteiger partial charge on any atom is -0.497 e. The third-order valence-corrected chi connectivity index (χ3v) is 6.78. The number of carbonyl (C=O) groups is 1. The number of methoxy groups -OCH3 is 1. The van der Waals surface area contributed by atoms with E-state index in [1.807, 2.05) is 11.0 Å². The summed E-state index contributed by atoms with van der Waals surface area (Å²) < 4.78 is 5.36. The minimum atomic E-state index is 0.227. The molecule has 2 aliphatic rings. The Labute approximate surface area is 177 Å². The number of piperidine rings is 2. The van der Waals surface area contributed by atoms with Crippen LogP contribution in [0.5, 0.6) is 5.75 Å². The molecule has 0 aromatic heterocycles. The molecule has 1 aromatic carbocycles. The number of hydrogen-bond acceptors (Lipinski definition) is 4. The van der Waals surface area contributed by atoms with Gasteiger partial charge >= 0.3 is 0 Å². The van der Waals surface area contributed by atoms with Crippen LogP contribution in [0.15, 0.2) is 24.3 Å². The first-order valence-electron chi connectivity index (χ1n) is 11.4. The molecule has 1 amide bonds. The Morgan fingerprint density at radius 3 is 2.69 bits per heavy atom. The lowest BCUT2D eigenvalue weighted by molar-refractivity contribution is -0.130. The van der Waals surface area contributed by atoms with Gasteiger partial charge in [-0.15, -0.1) is 0 Å². The Bertz CT molecular complexity index is 643. The van der Waals surface area contributed by atoms with E-state index >= 15 is 0 Å². The van der Waals surface area contributed by atoms with E-state index < -0.39 is 0 Å². The van der Waals surface area contributed by atoms with Gasteiger partial charge in [0.2, 0.25) is 5.91 Å². The number of rotatable bonds is 8. The Kier molecular flexibility index (Phi) is 8.37. The highest BCUT2D eigenvalue weighted by Gasteiger charge is 2.28. The lowest BCUT2D eigenvalue weighted by atomic mass is 9.94. The van der Waals surface area contributed by atoms with E-state index in [2.05, 4.69) is 34.9 Å². The summed E-state index contributed by atoms with van der Waals surface area (Å²) in [6.45, 7) is 11.7. The van der Waals surface area contributed by atoms with Crippen LogP contribution in [0.4, 0.5) is 0 Å². The maximum absolute atomic E-state index is 11.6. The average Bonchev–Trinajstić information content (AvgIpc) is 2.76. The first-order chi connectivity index (χ1) is 14.1. The highest BCUT2D eigenvalue weighted by atomic mass is 16.5. The summed E-state index contributed by atoms with van der Waals surface area (Å²) in [5.74, 6) is 1.94. The van der Waals surface area contributed by atoms with E-state index in [0.717, 1.165) is 57.1 Å². The molecule has 0 unspecified atom stereocenters. The largest absolute Gasteiger partial charge is 0.497 e. The zero-order valence-electron chi connectivity index (χ0n) is 18.6. The van der Waals surface area contributed by atoms with Crippen molar-refractivity contribution in [2.24, 2.45) is 5.92 Å². The van der Waals surface area contributed by atoms with E-state index in [9.17, 15) is 4.79 Å². The average molecular weight is 402 g/mol. The normalized spacial score (nSPS) is 21.5. The molecule has 5 nitrogen and oxygen atoms in total. The third-order valence-electron chi connectivity index (χ3n) is 6.78. The first kappa shape index (κ1) is 22.1. The molecule has 0 saturated carbocycles. The highest BCUT2D eigenvalue weighted by molar-refractivity contribution is 5.73. The summed E-state index contributed by atoms with van der Waals surface area (Å²) in [6, 6.07) is 9.11. The molecule has 2 aliphatic heterocycles. The quantitative estimate of drug-likeness (QED) is 0.670. The fourth-order valence-electron chi connectivity index (χ4n) is 5.03. The van der Waals surface area contributed by atoms with Gasteiger partial charge in [-0.2, -0.15) is 0 Å². The van der Waals surface area contributed by atoms with Gasteiger partial charge in [0.15, 0.2) is 0 Å². The van der Waals surface area contributed by atoms with Gasteiger partial charge in [0.05, 0.1) is 7.11 Å². The van der Waals surface area contributed by atoms with E-state index in [4.69, 9.17) is 4.74 Å². The van der Waals surface area contributed by atoms with Gasteiger partial charge in [-0.3, -0.25) is 4.79 Å². The van der Waals surface area contributed by atoms with Crippen LogP contribution in [0.2, 0.25) is 0 Å². The summed E-state index contributed by atoms with van der Waals surface area (Å²) in [5.41, 5.74) is 1.36. The van der Waals surface area contributed by atoms with Gasteiger partial charge in [-0.05, 0) is 68.8 Å². The smallest absolute Gasteiger partial charge is 0.219 e. The molecule has 0 bridgehead atoms. The highest BCUT2D eigenvalue weighted by Crippen LogP contribution is 2.23. The van der Waals surface area contributed by atoms with Crippen molar-refractivity contribution in [2.75, 3.05) is 52.9 Å². The first-order valence-corrected chi connectivity index (χ1v) is 11.4. The number of ether oxygens (including phenoxy) is 1. The van der Waals surface area contributed by atoms with E-state index in [1.54, 1.807) is 14.0 Å². The van der Waals surface area contributed by atoms with Crippen molar-refractivity contribution in [3.05, 3.63) is 29.8 Å². The van der Waals surface area contributed by atoms with Crippen LogP contribution in [0.1, 0.15) is 45.1 Å². The molecule has 29 heavy (non-hydrogen) atoms. The molecule has 0 radical (unpaired) electrons. The van der Waals surface area contributed by atoms with Crippen LogP contribution in [-0.4, -0.2) is 79.6 Å². The zero-order valence-corrected chi connectivity index (χ0v) is 18.6. The lowest BCUT2D eigenvalue weighted by Gasteiger charge is -2.41. The van der Waals surface area contributed by atoms with Crippen LogP contribution in [0.3, 0.4) is 0 Å². The number of benzene rings is 1. The summed E-state index contributed by atoms with van der Waals surface area (Å²) in [7, 11) is 1.73. The van der Waals surface area contributed by atoms with Crippen molar-refractivity contribution in [2.45, 2.75) is 52.0 Å². The fraction of sp³-hybridized carbons (Fsp3) is 0.708. The van der Waals surface area contributed by atoms with Crippen molar-refractivity contribution >= 4 is 5.91 Å². The number of amides is 1. The third kappa shape index (κ3) is 6.45.